The number of rotatable bonds is 4. The summed E-state index contributed by atoms with van der Waals surface area (Å²) in [6, 6.07) is 12.2. The summed E-state index contributed by atoms with van der Waals surface area (Å²) in [5.74, 6) is -0.220. The van der Waals surface area contributed by atoms with Crippen molar-refractivity contribution in [3.63, 3.8) is 0 Å². The molecule has 0 fully saturated rings. The highest BCUT2D eigenvalue weighted by atomic mass is 19.1. The average molecular weight is 408 g/mol. The first-order valence-corrected chi connectivity index (χ1v) is 9.67. The van der Waals surface area contributed by atoms with E-state index in [4.69, 9.17) is 4.99 Å². The first-order valence-electron chi connectivity index (χ1n) is 9.67. The maximum absolute atomic E-state index is 13.6. The topological polar surface area (TPSA) is 70.1 Å². The number of H-pyrrole nitrogens is 1. The van der Waals surface area contributed by atoms with Crippen LogP contribution in [0, 0.1) is 11.8 Å². The molecule has 5 nitrogen and oxygen atoms in total. The van der Waals surface area contributed by atoms with E-state index in [1.54, 1.807) is 30.5 Å². The van der Waals surface area contributed by atoms with Gasteiger partial charge >= 0.3 is 0 Å². The fourth-order valence-electron chi connectivity index (χ4n) is 3.97. The first-order chi connectivity index (χ1) is 14.2. The molecule has 0 unspecified atom stereocenters. The minimum absolute atomic E-state index is 0.178. The molecule has 4 rings (SSSR count). The van der Waals surface area contributed by atoms with Crippen LogP contribution < -0.4 is 10.9 Å². The molecule has 7 heteroatoms. The highest BCUT2D eigenvalue weighted by Gasteiger charge is 2.48. The summed E-state index contributed by atoms with van der Waals surface area (Å²) in [5, 5.41) is 3.47. The van der Waals surface area contributed by atoms with E-state index in [1.807, 2.05) is 20.8 Å². The van der Waals surface area contributed by atoms with E-state index in [2.05, 4.69) is 15.3 Å². The highest BCUT2D eigenvalue weighted by molar-refractivity contribution is 5.95. The van der Waals surface area contributed by atoms with Gasteiger partial charge in [-0.3, -0.25) is 9.79 Å². The Kier molecular flexibility index (Phi) is 4.76. The minimum Gasteiger partial charge on any atom is -0.367 e. The van der Waals surface area contributed by atoms with Crippen molar-refractivity contribution >= 4 is 5.84 Å². The van der Waals surface area contributed by atoms with Crippen molar-refractivity contribution in [3.8, 4) is 0 Å². The number of benzene rings is 1. The van der Waals surface area contributed by atoms with Gasteiger partial charge in [-0.25, -0.2) is 9.37 Å². The zero-order chi connectivity index (χ0) is 21.5. The van der Waals surface area contributed by atoms with Gasteiger partial charge in [0.25, 0.3) is 0 Å². The third-order valence-electron chi connectivity index (χ3n) is 5.82. The third-order valence-corrected chi connectivity index (χ3v) is 5.82. The van der Waals surface area contributed by atoms with Gasteiger partial charge in [-0.05, 0) is 50.1 Å². The van der Waals surface area contributed by atoms with Gasteiger partial charge < -0.3 is 10.3 Å². The van der Waals surface area contributed by atoms with E-state index in [9.17, 15) is 13.6 Å². The molecule has 154 valence electrons. The molecular formula is C23H22F2N4O. The monoisotopic (exact) mass is 408 g/mol. The number of pyridine rings is 2. The Bertz CT molecular complexity index is 1090. The molecule has 0 spiro atoms. The Labute approximate surface area is 172 Å². The molecule has 0 saturated carbocycles. The summed E-state index contributed by atoms with van der Waals surface area (Å²) in [4.78, 5) is 23.1. The van der Waals surface area contributed by atoms with Crippen molar-refractivity contribution in [1.82, 2.24) is 15.3 Å². The lowest BCUT2D eigenvalue weighted by molar-refractivity contribution is 0.449. The van der Waals surface area contributed by atoms with Crippen LogP contribution in [-0.2, 0) is 11.0 Å². The zero-order valence-electron chi connectivity index (χ0n) is 16.9. The lowest BCUT2D eigenvalue weighted by Crippen LogP contribution is -2.44. The Hall–Kier alpha value is -3.35. The van der Waals surface area contributed by atoms with Gasteiger partial charge in [0.15, 0.2) is 0 Å². The van der Waals surface area contributed by atoms with Gasteiger partial charge in [-0.2, -0.15) is 4.39 Å². The number of amidine groups is 1. The van der Waals surface area contributed by atoms with Crippen LogP contribution in [0.4, 0.5) is 8.78 Å². The molecule has 1 aromatic carbocycles. The second-order valence-corrected chi connectivity index (χ2v) is 8.04. The fourth-order valence-corrected chi connectivity index (χ4v) is 3.97. The van der Waals surface area contributed by atoms with Crippen LogP contribution in [0.25, 0.3) is 0 Å². The molecule has 0 amide bonds. The molecule has 2 aromatic heterocycles. The number of nitrogens with one attached hydrogen (secondary N) is 2. The molecule has 0 aliphatic carbocycles. The van der Waals surface area contributed by atoms with Crippen LogP contribution in [-0.4, -0.2) is 21.8 Å². The van der Waals surface area contributed by atoms with E-state index < -0.39 is 16.9 Å². The van der Waals surface area contributed by atoms with E-state index in [-0.39, 0.29) is 17.4 Å². The third kappa shape index (κ3) is 3.20. The van der Waals surface area contributed by atoms with Gasteiger partial charge in [0.05, 0.1) is 6.04 Å². The smallest absolute Gasteiger partial charge is 0.247 e. The van der Waals surface area contributed by atoms with Gasteiger partial charge in [0, 0.05) is 29.4 Å². The lowest BCUT2D eigenvalue weighted by atomic mass is 9.79. The molecule has 0 saturated heterocycles. The molecule has 1 aliphatic heterocycles. The highest BCUT2D eigenvalue weighted by Crippen LogP contribution is 2.42. The molecule has 2 atom stereocenters. The van der Waals surface area contributed by atoms with Crippen LogP contribution in [0.15, 0.2) is 70.7 Å². The van der Waals surface area contributed by atoms with E-state index in [1.165, 1.54) is 30.5 Å². The van der Waals surface area contributed by atoms with Crippen molar-refractivity contribution in [2.24, 2.45) is 4.99 Å². The minimum atomic E-state index is -0.913. The summed E-state index contributed by atoms with van der Waals surface area (Å²) < 4.78 is 27.2. The van der Waals surface area contributed by atoms with Crippen molar-refractivity contribution in [3.05, 3.63) is 99.7 Å². The Balaban J connectivity index is 1.90. The van der Waals surface area contributed by atoms with E-state index >= 15 is 0 Å². The average Bonchev–Trinajstić information content (AvgIpc) is 3.08. The van der Waals surface area contributed by atoms with Crippen LogP contribution >= 0.6 is 0 Å². The first kappa shape index (κ1) is 19.9. The molecule has 0 bridgehead atoms. The predicted molar refractivity (Wildman–Crippen MR) is 111 cm³/mol. The SMILES string of the molecule is C[C@@H]1NC(C(C)(C)c2ccc(=O)[nH]c2)=N[C@@]1(c1ccc(F)cc1)c1ccc(F)nc1. The lowest BCUT2D eigenvalue weighted by Gasteiger charge is -2.31. The van der Waals surface area contributed by atoms with Crippen molar-refractivity contribution < 1.29 is 8.78 Å². The summed E-state index contributed by atoms with van der Waals surface area (Å²) >= 11 is 0. The number of hydrogen-bond acceptors (Lipinski definition) is 4. The quantitative estimate of drug-likeness (QED) is 0.648. The van der Waals surface area contributed by atoms with E-state index in [0.717, 1.165) is 11.1 Å². The molecular weight excluding hydrogens is 386 g/mol. The molecule has 1 aliphatic rings. The number of aromatic amines is 1. The van der Waals surface area contributed by atoms with Crippen LogP contribution in [0.2, 0.25) is 0 Å². The maximum atomic E-state index is 13.6. The molecule has 3 aromatic rings. The summed E-state index contributed by atoms with van der Waals surface area (Å²) in [7, 11) is 0. The van der Waals surface area contributed by atoms with Crippen LogP contribution in [0.1, 0.15) is 37.5 Å². The van der Waals surface area contributed by atoms with Crippen LogP contribution in [0.3, 0.4) is 0 Å². The fraction of sp³-hybridized carbons (Fsp3) is 0.261. The Morgan fingerprint density at radius 2 is 1.70 bits per heavy atom. The molecule has 2 N–H and O–H groups in total. The standard InChI is InChI=1S/C23H22F2N4O/c1-14-23(15-4-8-18(24)9-5-15,17-6-10-19(25)26-13-17)29-21(28-14)22(2,3)16-7-11-20(30)27-12-16/h4-14H,1-3H3,(H,27,30)(H,28,29)/t14-,23-/m0/s1. The van der Waals surface area contributed by atoms with Gasteiger partial charge in [-0.15, -0.1) is 0 Å². The van der Waals surface area contributed by atoms with E-state index in [0.29, 0.717) is 11.4 Å². The van der Waals surface area contributed by atoms with Crippen LogP contribution in [0.5, 0.6) is 0 Å². The largest absolute Gasteiger partial charge is 0.367 e. The normalized spacial score (nSPS) is 21.2. The number of nitrogens with zero attached hydrogens (tertiary/aromatic N) is 2. The zero-order valence-corrected chi connectivity index (χ0v) is 16.9. The second-order valence-electron chi connectivity index (χ2n) is 8.04. The summed E-state index contributed by atoms with van der Waals surface area (Å²) in [6.07, 6.45) is 3.14. The van der Waals surface area contributed by atoms with Gasteiger partial charge in [-0.1, -0.05) is 24.3 Å². The number of hydrogen-bond donors (Lipinski definition) is 2. The summed E-state index contributed by atoms with van der Waals surface area (Å²) in [5.41, 5.74) is 0.707. The number of halogens is 2. The number of aromatic nitrogens is 2. The number of aliphatic imine (C=N–C) groups is 1. The predicted octanol–water partition coefficient (Wildman–Crippen LogP) is 3.66. The second kappa shape index (κ2) is 7.16. The van der Waals surface area contributed by atoms with Crippen molar-refractivity contribution in [1.29, 1.82) is 0 Å². The van der Waals surface area contributed by atoms with Gasteiger partial charge in [0.2, 0.25) is 11.5 Å². The van der Waals surface area contributed by atoms with Gasteiger partial charge in [0.1, 0.15) is 17.2 Å². The van der Waals surface area contributed by atoms with Crippen molar-refractivity contribution in [2.45, 2.75) is 37.8 Å². The molecule has 0 radical (unpaired) electrons. The Morgan fingerprint density at radius 3 is 2.30 bits per heavy atom. The summed E-state index contributed by atoms with van der Waals surface area (Å²) in [6.45, 7) is 5.98. The molecule has 30 heavy (non-hydrogen) atoms. The van der Waals surface area contributed by atoms with Crippen molar-refractivity contribution in [2.75, 3.05) is 0 Å². The Morgan fingerprint density at radius 1 is 1.00 bits per heavy atom. The maximum Gasteiger partial charge on any atom is 0.247 e. The molecule has 3 heterocycles.